The van der Waals surface area contributed by atoms with E-state index < -0.39 is 0 Å². The molecule has 0 aliphatic rings. The second-order valence-electron chi connectivity index (χ2n) is 4.16. The second-order valence-corrected chi connectivity index (χ2v) is 4.43. The molecule has 0 aliphatic carbocycles. The molecule has 1 rings (SSSR count). The van der Waals surface area contributed by atoms with E-state index in [1.54, 1.807) is 30.3 Å². The second kappa shape index (κ2) is 8.87. The Hall–Kier alpha value is -2.20. The Balaban J connectivity index is 3.08. The van der Waals surface area contributed by atoms with Crippen LogP contribution >= 0.6 is 11.6 Å². The molecule has 0 radical (unpaired) electrons. The number of benzene rings is 1. The predicted octanol–water partition coefficient (Wildman–Crippen LogP) is 3.54. The third-order valence-corrected chi connectivity index (χ3v) is 3.06. The van der Waals surface area contributed by atoms with Crippen molar-refractivity contribution in [2.75, 3.05) is 5.88 Å². The van der Waals surface area contributed by atoms with Crippen molar-refractivity contribution in [3.8, 4) is 24.2 Å². The highest BCUT2D eigenvalue weighted by atomic mass is 35.5. The summed E-state index contributed by atoms with van der Waals surface area (Å²) in [6.07, 6.45) is 7.72. The first-order valence-corrected chi connectivity index (χ1v) is 6.96. The van der Waals surface area contributed by atoms with Crippen LogP contribution in [0.25, 0.3) is 0 Å². The van der Waals surface area contributed by atoms with Gasteiger partial charge in [-0.15, -0.1) is 18.0 Å². The SMILES string of the molecule is C#C/C(=C\C(CC)=C(\C#N)CCl)Oc1cccc(CO)c1. The van der Waals surface area contributed by atoms with Crippen molar-refractivity contribution in [3.05, 3.63) is 52.8 Å². The van der Waals surface area contributed by atoms with Crippen LogP contribution < -0.4 is 4.74 Å². The van der Waals surface area contributed by atoms with E-state index in [0.29, 0.717) is 23.5 Å². The number of halogens is 1. The molecule has 1 N–H and O–H groups in total. The molecule has 1 aromatic carbocycles. The van der Waals surface area contributed by atoms with Crippen molar-refractivity contribution in [3.63, 3.8) is 0 Å². The van der Waals surface area contributed by atoms with E-state index in [4.69, 9.17) is 33.1 Å². The van der Waals surface area contributed by atoms with Crippen LogP contribution in [0, 0.1) is 23.7 Å². The number of hydrogen-bond donors (Lipinski definition) is 1. The minimum Gasteiger partial charge on any atom is -0.448 e. The molecular weight excluding hydrogens is 286 g/mol. The van der Waals surface area contributed by atoms with Crippen molar-refractivity contribution < 1.29 is 9.84 Å². The summed E-state index contributed by atoms with van der Waals surface area (Å²) in [4.78, 5) is 0. The van der Waals surface area contributed by atoms with Gasteiger partial charge in [-0.05, 0) is 41.7 Å². The molecule has 4 heteroatoms. The van der Waals surface area contributed by atoms with Crippen molar-refractivity contribution in [2.45, 2.75) is 20.0 Å². The fourth-order valence-corrected chi connectivity index (χ4v) is 1.91. The van der Waals surface area contributed by atoms with Crippen LogP contribution in [0.3, 0.4) is 0 Å². The van der Waals surface area contributed by atoms with Crippen LogP contribution in [0.5, 0.6) is 5.75 Å². The zero-order valence-corrected chi connectivity index (χ0v) is 12.5. The zero-order chi connectivity index (χ0) is 15.7. The van der Waals surface area contributed by atoms with Crippen molar-refractivity contribution in [1.29, 1.82) is 5.26 Å². The highest BCUT2D eigenvalue weighted by molar-refractivity contribution is 6.19. The number of nitriles is 1. The molecular formula is C17H16ClNO2. The van der Waals surface area contributed by atoms with Gasteiger partial charge in [0.05, 0.1) is 18.6 Å². The number of aliphatic hydroxyl groups is 1. The number of allylic oxidation sites excluding steroid dienone is 4. The number of aliphatic hydroxyl groups excluding tert-OH is 1. The van der Waals surface area contributed by atoms with Gasteiger partial charge in [0.15, 0.2) is 5.76 Å². The molecule has 21 heavy (non-hydrogen) atoms. The van der Waals surface area contributed by atoms with E-state index >= 15 is 0 Å². The monoisotopic (exact) mass is 301 g/mol. The van der Waals surface area contributed by atoms with Gasteiger partial charge in [-0.1, -0.05) is 19.1 Å². The van der Waals surface area contributed by atoms with Gasteiger partial charge in [0, 0.05) is 5.57 Å². The normalized spacial score (nSPS) is 12.1. The Labute approximate surface area is 130 Å². The minimum atomic E-state index is -0.0722. The Morgan fingerprint density at radius 1 is 1.52 bits per heavy atom. The summed E-state index contributed by atoms with van der Waals surface area (Å²) in [5.41, 5.74) is 1.95. The number of ether oxygens (including phenoxy) is 1. The highest BCUT2D eigenvalue weighted by Crippen LogP contribution is 2.19. The van der Waals surface area contributed by atoms with Crippen LogP contribution in [-0.2, 0) is 6.61 Å². The standard InChI is InChI=1S/C17H16ClNO2/c1-3-14(15(10-18)11-19)9-16(4-2)21-17-7-5-6-13(8-17)12-20/h2,5-9,20H,3,10,12H2,1H3/b15-14+,16-9+. The predicted molar refractivity (Wildman–Crippen MR) is 83.6 cm³/mol. The largest absolute Gasteiger partial charge is 0.448 e. The molecule has 0 unspecified atom stereocenters. The van der Waals surface area contributed by atoms with Crippen LogP contribution in [-0.4, -0.2) is 11.0 Å². The lowest BCUT2D eigenvalue weighted by atomic mass is 10.1. The number of terminal acetylenes is 1. The summed E-state index contributed by atoms with van der Waals surface area (Å²) < 4.78 is 5.60. The summed E-state index contributed by atoms with van der Waals surface area (Å²) in [6.45, 7) is 1.84. The topological polar surface area (TPSA) is 53.2 Å². The summed E-state index contributed by atoms with van der Waals surface area (Å²) >= 11 is 5.74. The fraction of sp³-hybridized carbons (Fsp3) is 0.235. The van der Waals surface area contributed by atoms with Gasteiger partial charge in [-0.25, -0.2) is 0 Å². The maximum Gasteiger partial charge on any atom is 0.177 e. The lowest BCUT2D eigenvalue weighted by Gasteiger charge is -2.08. The summed E-state index contributed by atoms with van der Waals surface area (Å²) in [6, 6.07) is 9.06. The highest BCUT2D eigenvalue weighted by Gasteiger charge is 2.05. The van der Waals surface area contributed by atoms with Crippen LogP contribution in [0.1, 0.15) is 18.9 Å². The summed E-state index contributed by atoms with van der Waals surface area (Å²) in [7, 11) is 0. The van der Waals surface area contributed by atoms with Gasteiger partial charge in [-0.3, -0.25) is 0 Å². The maximum atomic E-state index is 9.10. The van der Waals surface area contributed by atoms with E-state index in [2.05, 4.69) is 12.0 Å². The molecule has 0 saturated heterocycles. The van der Waals surface area contributed by atoms with Gasteiger partial charge in [0.25, 0.3) is 0 Å². The Bertz CT molecular complexity index is 633. The summed E-state index contributed by atoms with van der Waals surface area (Å²) in [5.74, 6) is 3.40. The van der Waals surface area contributed by atoms with E-state index in [1.807, 2.05) is 6.92 Å². The number of hydrogen-bond acceptors (Lipinski definition) is 3. The molecule has 0 saturated carbocycles. The molecule has 0 atom stereocenters. The van der Waals surface area contributed by atoms with Gasteiger partial charge in [0.2, 0.25) is 0 Å². The molecule has 0 fully saturated rings. The van der Waals surface area contributed by atoms with E-state index in [-0.39, 0.29) is 12.5 Å². The molecule has 3 nitrogen and oxygen atoms in total. The molecule has 0 heterocycles. The van der Waals surface area contributed by atoms with Gasteiger partial charge in [0.1, 0.15) is 5.75 Å². The fourth-order valence-electron chi connectivity index (χ4n) is 1.68. The molecule has 0 aliphatic heterocycles. The molecule has 1 aromatic rings. The first-order chi connectivity index (χ1) is 10.2. The summed E-state index contributed by atoms with van der Waals surface area (Å²) in [5, 5.41) is 18.1. The molecule has 0 spiro atoms. The van der Waals surface area contributed by atoms with Crippen molar-refractivity contribution in [1.82, 2.24) is 0 Å². The van der Waals surface area contributed by atoms with E-state index in [0.717, 1.165) is 11.1 Å². The third kappa shape index (κ3) is 5.00. The zero-order valence-electron chi connectivity index (χ0n) is 11.8. The Kier molecular flexibility index (Phi) is 7.12. The van der Waals surface area contributed by atoms with E-state index in [9.17, 15) is 0 Å². The average Bonchev–Trinajstić information content (AvgIpc) is 2.54. The average molecular weight is 302 g/mol. The van der Waals surface area contributed by atoms with Gasteiger partial charge in [-0.2, -0.15) is 5.26 Å². The molecule has 0 bridgehead atoms. The lowest BCUT2D eigenvalue weighted by Crippen LogP contribution is -1.97. The molecule has 0 amide bonds. The number of nitrogens with zero attached hydrogens (tertiary/aromatic N) is 1. The smallest absolute Gasteiger partial charge is 0.177 e. The molecule has 0 aromatic heterocycles. The Morgan fingerprint density at radius 2 is 2.29 bits per heavy atom. The van der Waals surface area contributed by atoms with Crippen molar-refractivity contribution >= 4 is 11.6 Å². The van der Waals surface area contributed by atoms with Gasteiger partial charge >= 0.3 is 0 Å². The van der Waals surface area contributed by atoms with Gasteiger partial charge < -0.3 is 9.84 Å². The van der Waals surface area contributed by atoms with Crippen LogP contribution in [0.2, 0.25) is 0 Å². The quantitative estimate of drug-likeness (QED) is 0.287. The van der Waals surface area contributed by atoms with Crippen molar-refractivity contribution in [2.24, 2.45) is 0 Å². The number of alkyl halides is 1. The maximum absolute atomic E-state index is 9.10. The molecule has 108 valence electrons. The number of rotatable bonds is 6. The Morgan fingerprint density at radius 3 is 2.81 bits per heavy atom. The first-order valence-electron chi connectivity index (χ1n) is 6.42. The minimum absolute atomic E-state index is 0.0722. The van der Waals surface area contributed by atoms with Crippen LogP contribution in [0.15, 0.2) is 47.2 Å². The van der Waals surface area contributed by atoms with Crippen LogP contribution in [0.4, 0.5) is 0 Å². The third-order valence-electron chi connectivity index (χ3n) is 2.79. The van der Waals surface area contributed by atoms with E-state index in [1.165, 1.54) is 0 Å². The lowest BCUT2D eigenvalue weighted by molar-refractivity contribution is 0.281. The first kappa shape index (κ1) is 16.9.